The van der Waals surface area contributed by atoms with Crippen molar-refractivity contribution in [1.82, 2.24) is 4.31 Å². The van der Waals surface area contributed by atoms with Crippen LogP contribution in [0.4, 0.5) is 18.9 Å². The lowest BCUT2D eigenvalue weighted by Crippen LogP contribution is -2.41. The van der Waals surface area contributed by atoms with Crippen LogP contribution in [0.2, 0.25) is 5.02 Å². The molecule has 3 rings (SSSR count). The van der Waals surface area contributed by atoms with Gasteiger partial charge in [0.15, 0.2) is 6.61 Å². The van der Waals surface area contributed by atoms with Crippen molar-refractivity contribution in [2.75, 3.05) is 25.0 Å². The van der Waals surface area contributed by atoms with Crippen molar-refractivity contribution in [2.45, 2.75) is 23.9 Å². The van der Waals surface area contributed by atoms with Gasteiger partial charge in [-0.1, -0.05) is 29.8 Å². The third-order valence-corrected chi connectivity index (χ3v) is 6.94. The summed E-state index contributed by atoms with van der Waals surface area (Å²) in [5, 5.41) is 2.78. The molecule has 6 nitrogen and oxygen atoms in total. The van der Waals surface area contributed by atoms with E-state index in [4.69, 9.17) is 16.3 Å². The van der Waals surface area contributed by atoms with Crippen LogP contribution >= 0.6 is 11.6 Å². The molecule has 0 saturated carbocycles. The highest BCUT2D eigenvalue weighted by molar-refractivity contribution is 7.89. The van der Waals surface area contributed by atoms with Crippen LogP contribution in [0.5, 0.6) is 5.75 Å². The number of ether oxygens (including phenoxy) is 1. The van der Waals surface area contributed by atoms with Gasteiger partial charge in [-0.15, -0.1) is 0 Å². The molecule has 31 heavy (non-hydrogen) atoms. The summed E-state index contributed by atoms with van der Waals surface area (Å²) in [5.74, 6) is -1.09. The van der Waals surface area contributed by atoms with E-state index in [9.17, 15) is 26.4 Å². The van der Waals surface area contributed by atoms with E-state index in [1.807, 2.05) is 0 Å². The molecule has 2 aromatic carbocycles. The SMILES string of the molecule is O=C(Nc1cc(Cl)ccc1OCC(F)(F)F)C1CCN(S(=O)(=O)c2ccccc2)CC1. The molecule has 0 spiro atoms. The summed E-state index contributed by atoms with van der Waals surface area (Å²) in [6.07, 6.45) is -3.98. The maximum Gasteiger partial charge on any atom is 0.422 e. The zero-order valence-electron chi connectivity index (χ0n) is 16.2. The molecule has 1 aliphatic heterocycles. The van der Waals surface area contributed by atoms with Crippen LogP contribution in [0.25, 0.3) is 0 Å². The van der Waals surface area contributed by atoms with Crippen LogP contribution in [0, 0.1) is 5.92 Å². The molecule has 1 heterocycles. The average molecular weight is 477 g/mol. The predicted octanol–water partition coefficient (Wildman–Crippen LogP) is 4.32. The molecule has 0 unspecified atom stereocenters. The number of nitrogens with one attached hydrogen (secondary N) is 1. The molecule has 0 aromatic heterocycles. The number of rotatable bonds is 6. The highest BCUT2D eigenvalue weighted by atomic mass is 35.5. The Morgan fingerprint density at radius 1 is 1.13 bits per heavy atom. The van der Waals surface area contributed by atoms with Crippen molar-refractivity contribution >= 4 is 33.2 Å². The summed E-state index contributed by atoms with van der Waals surface area (Å²) in [5.41, 5.74) is 0.0288. The van der Waals surface area contributed by atoms with E-state index in [2.05, 4.69) is 5.32 Å². The lowest BCUT2D eigenvalue weighted by molar-refractivity contribution is -0.153. The van der Waals surface area contributed by atoms with E-state index in [1.54, 1.807) is 18.2 Å². The number of hydrogen-bond donors (Lipinski definition) is 1. The Morgan fingerprint density at radius 3 is 2.39 bits per heavy atom. The second-order valence-corrected chi connectivity index (χ2v) is 9.40. The van der Waals surface area contributed by atoms with Crippen molar-refractivity contribution < 1.29 is 31.1 Å². The van der Waals surface area contributed by atoms with Gasteiger partial charge in [-0.2, -0.15) is 17.5 Å². The van der Waals surface area contributed by atoms with Crippen LogP contribution in [0.1, 0.15) is 12.8 Å². The second kappa shape index (κ2) is 9.46. The Hall–Kier alpha value is -2.30. The van der Waals surface area contributed by atoms with E-state index in [-0.39, 0.29) is 47.3 Å². The predicted molar refractivity (Wildman–Crippen MR) is 110 cm³/mol. The highest BCUT2D eigenvalue weighted by Gasteiger charge is 2.33. The first-order valence-corrected chi connectivity index (χ1v) is 11.2. The molecule has 1 N–H and O–H groups in total. The monoisotopic (exact) mass is 476 g/mol. The van der Waals surface area contributed by atoms with Gasteiger partial charge < -0.3 is 10.1 Å². The third-order valence-electron chi connectivity index (χ3n) is 4.80. The number of anilines is 1. The molecular formula is C20H20ClF3N2O4S. The normalized spacial score (nSPS) is 16.1. The van der Waals surface area contributed by atoms with Gasteiger partial charge in [0.25, 0.3) is 0 Å². The standard InChI is InChI=1S/C20H20ClF3N2O4S/c21-15-6-7-18(30-13-20(22,23)24)17(12-15)25-19(27)14-8-10-26(11-9-14)31(28,29)16-4-2-1-3-5-16/h1-7,12,14H,8-11,13H2,(H,25,27). The van der Waals surface area contributed by atoms with E-state index < -0.39 is 34.6 Å². The second-order valence-electron chi connectivity index (χ2n) is 7.02. The molecule has 11 heteroatoms. The number of nitrogens with zero attached hydrogens (tertiary/aromatic N) is 1. The molecule has 168 valence electrons. The fourth-order valence-electron chi connectivity index (χ4n) is 3.22. The zero-order chi connectivity index (χ0) is 22.6. The van der Waals surface area contributed by atoms with E-state index in [0.29, 0.717) is 0 Å². The number of alkyl halides is 3. The number of amides is 1. The molecule has 1 amide bonds. The first-order valence-electron chi connectivity index (χ1n) is 9.41. The molecule has 2 aromatic rings. The highest BCUT2D eigenvalue weighted by Crippen LogP contribution is 2.31. The minimum absolute atomic E-state index is 0.0288. The quantitative estimate of drug-likeness (QED) is 0.673. The summed E-state index contributed by atoms with van der Waals surface area (Å²) < 4.78 is 68.9. The molecule has 0 bridgehead atoms. The number of sulfonamides is 1. The van der Waals surface area contributed by atoms with Gasteiger partial charge in [-0.3, -0.25) is 4.79 Å². The summed E-state index contributed by atoms with van der Waals surface area (Å²) in [7, 11) is -3.65. The van der Waals surface area contributed by atoms with Crippen molar-refractivity contribution in [2.24, 2.45) is 5.92 Å². The molecular weight excluding hydrogens is 457 g/mol. The van der Waals surface area contributed by atoms with Crippen molar-refractivity contribution in [3.63, 3.8) is 0 Å². The topological polar surface area (TPSA) is 75.7 Å². The maximum atomic E-state index is 12.7. The minimum Gasteiger partial charge on any atom is -0.482 e. The lowest BCUT2D eigenvalue weighted by atomic mass is 9.97. The zero-order valence-corrected chi connectivity index (χ0v) is 17.8. The number of benzene rings is 2. The van der Waals surface area contributed by atoms with Crippen molar-refractivity contribution in [3.8, 4) is 5.75 Å². The smallest absolute Gasteiger partial charge is 0.422 e. The number of hydrogen-bond acceptors (Lipinski definition) is 4. The van der Waals surface area contributed by atoms with E-state index in [0.717, 1.165) is 0 Å². The van der Waals surface area contributed by atoms with Gasteiger partial charge in [0.1, 0.15) is 5.75 Å². The number of carbonyl (C=O) groups is 1. The molecule has 0 atom stereocenters. The summed E-state index contributed by atoms with van der Waals surface area (Å²) in [6, 6.07) is 11.9. The summed E-state index contributed by atoms with van der Waals surface area (Å²) in [4.78, 5) is 12.8. The number of carbonyl (C=O) groups excluding carboxylic acids is 1. The Kier molecular flexibility index (Phi) is 7.13. The van der Waals surface area contributed by atoms with Crippen molar-refractivity contribution in [1.29, 1.82) is 0 Å². The molecule has 1 saturated heterocycles. The fraction of sp³-hybridized carbons (Fsp3) is 0.350. The Balaban J connectivity index is 1.64. The average Bonchev–Trinajstić information content (AvgIpc) is 2.73. The fourth-order valence-corrected chi connectivity index (χ4v) is 4.88. The Labute approximate surface area is 183 Å². The molecule has 0 radical (unpaired) electrons. The Bertz CT molecular complexity index is 1020. The van der Waals surface area contributed by atoms with E-state index >= 15 is 0 Å². The molecule has 1 fully saturated rings. The first kappa shape index (κ1) is 23.4. The van der Waals surface area contributed by atoms with Crippen LogP contribution in [-0.2, 0) is 14.8 Å². The molecule has 1 aliphatic rings. The Morgan fingerprint density at radius 2 is 1.77 bits per heavy atom. The minimum atomic E-state index is -4.53. The number of halogens is 4. The van der Waals surface area contributed by atoms with Crippen LogP contribution in [0.15, 0.2) is 53.4 Å². The van der Waals surface area contributed by atoms with Gasteiger partial charge in [-0.05, 0) is 43.2 Å². The lowest BCUT2D eigenvalue weighted by Gasteiger charge is -2.30. The van der Waals surface area contributed by atoms with Gasteiger partial charge in [0.05, 0.1) is 10.6 Å². The third kappa shape index (κ3) is 6.11. The number of piperidine rings is 1. The maximum absolute atomic E-state index is 12.7. The van der Waals surface area contributed by atoms with Gasteiger partial charge in [0, 0.05) is 24.0 Å². The summed E-state index contributed by atoms with van der Waals surface area (Å²) in [6.45, 7) is -1.20. The van der Waals surface area contributed by atoms with Crippen molar-refractivity contribution in [3.05, 3.63) is 53.6 Å². The van der Waals surface area contributed by atoms with Crippen LogP contribution in [-0.4, -0.2) is 44.5 Å². The van der Waals surface area contributed by atoms with E-state index in [1.165, 1.54) is 34.6 Å². The largest absolute Gasteiger partial charge is 0.482 e. The van der Waals surface area contributed by atoms with Gasteiger partial charge >= 0.3 is 6.18 Å². The van der Waals surface area contributed by atoms with Crippen LogP contribution in [0.3, 0.4) is 0 Å². The van der Waals surface area contributed by atoms with Crippen LogP contribution < -0.4 is 10.1 Å². The van der Waals surface area contributed by atoms with Gasteiger partial charge in [0.2, 0.25) is 15.9 Å². The van der Waals surface area contributed by atoms with Gasteiger partial charge in [-0.25, -0.2) is 8.42 Å². The summed E-state index contributed by atoms with van der Waals surface area (Å²) >= 11 is 5.90. The first-order chi connectivity index (χ1) is 14.6. The molecule has 0 aliphatic carbocycles.